The van der Waals surface area contributed by atoms with Crippen molar-refractivity contribution in [1.82, 2.24) is 20.0 Å². The Morgan fingerprint density at radius 2 is 2.08 bits per heavy atom. The molecule has 1 saturated heterocycles. The Morgan fingerprint density at radius 3 is 2.79 bits per heavy atom. The van der Waals surface area contributed by atoms with E-state index < -0.39 is 17.8 Å². The summed E-state index contributed by atoms with van der Waals surface area (Å²) in [6, 6.07) is 7.18. The van der Waals surface area contributed by atoms with E-state index in [-0.39, 0.29) is 23.7 Å². The van der Waals surface area contributed by atoms with Gasteiger partial charge in [-0.3, -0.25) is 14.4 Å². The van der Waals surface area contributed by atoms with Crippen molar-refractivity contribution in [3.05, 3.63) is 63.8 Å². The molecular weight excluding hydrogens is 315 g/mol. The third kappa shape index (κ3) is 2.90. The van der Waals surface area contributed by atoms with Crippen LogP contribution in [0.15, 0.2) is 41.2 Å². The predicted octanol–water partition coefficient (Wildman–Crippen LogP) is 0.233. The first-order valence-electron chi connectivity index (χ1n) is 7.36. The Morgan fingerprint density at radius 1 is 1.29 bits per heavy atom. The first kappa shape index (κ1) is 15.9. The summed E-state index contributed by atoms with van der Waals surface area (Å²) in [7, 11) is 1.44. The number of aryl methyl sites for hydroxylation is 1. The second kappa shape index (κ2) is 6.23. The molecule has 8 heteroatoms. The summed E-state index contributed by atoms with van der Waals surface area (Å²) in [5.41, 5.74) is 0.0863. The second-order valence-electron chi connectivity index (χ2n) is 5.43. The molecule has 2 amide bonds. The molecular formula is C16H15FN4O3. The van der Waals surface area contributed by atoms with E-state index in [1.165, 1.54) is 42.3 Å². The number of piperazine rings is 1. The van der Waals surface area contributed by atoms with Crippen molar-refractivity contribution in [3.63, 3.8) is 0 Å². The van der Waals surface area contributed by atoms with Crippen molar-refractivity contribution in [2.75, 3.05) is 13.1 Å². The number of rotatable bonds is 2. The number of hydrogen-bond donors (Lipinski definition) is 1. The van der Waals surface area contributed by atoms with Gasteiger partial charge in [-0.2, -0.15) is 5.10 Å². The summed E-state index contributed by atoms with van der Waals surface area (Å²) < 4.78 is 14.6. The Bertz CT molecular complexity index is 864. The Kier molecular flexibility index (Phi) is 4.11. The van der Waals surface area contributed by atoms with Crippen LogP contribution < -0.4 is 10.9 Å². The number of carbonyl (C=O) groups excluding carboxylic acids is 2. The molecule has 1 fully saturated rings. The van der Waals surface area contributed by atoms with E-state index in [1.54, 1.807) is 6.07 Å². The highest BCUT2D eigenvalue weighted by Gasteiger charge is 2.35. The standard InChI is InChI=1S/C16H15FN4O3/c1-20-13(22)6-5-12(19-20)16(24)21-8-7-18-15(23)14(21)10-3-2-4-11(17)9-10/h2-6,9,14H,7-8H2,1H3,(H,18,23). The summed E-state index contributed by atoms with van der Waals surface area (Å²) in [5, 5.41) is 6.60. The van der Waals surface area contributed by atoms with Crippen LogP contribution in [0.4, 0.5) is 4.39 Å². The molecule has 1 atom stereocenters. The fourth-order valence-electron chi connectivity index (χ4n) is 2.66. The number of halogens is 1. The topological polar surface area (TPSA) is 84.3 Å². The van der Waals surface area contributed by atoms with E-state index in [0.717, 1.165) is 4.68 Å². The Balaban J connectivity index is 1.99. The van der Waals surface area contributed by atoms with Crippen LogP contribution in [0, 0.1) is 5.82 Å². The van der Waals surface area contributed by atoms with E-state index in [9.17, 15) is 18.8 Å². The minimum Gasteiger partial charge on any atom is -0.352 e. The zero-order valence-electron chi connectivity index (χ0n) is 12.9. The molecule has 1 aliphatic heterocycles. The molecule has 3 rings (SSSR count). The van der Waals surface area contributed by atoms with Gasteiger partial charge in [-0.15, -0.1) is 0 Å². The highest BCUT2D eigenvalue weighted by atomic mass is 19.1. The molecule has 0 saturated carbocycles. The van der Waals surface area contributed by atoms with Crippen LogP contribution >= 0.6 is 0 Å². The van der Waals surface area contributed by atoms with Gasteiger partial charge in [-0.25, -0.2) is 9.07 Å². The monoisotopic (exact) mass is 330 g/mol. The van der Waals surface area contributed by atoms with Crippen molar-refractivity contribution in [3.8, 4) is 0 Å². The SMILES string of the molecule is Cn1nc(C(=O)N2CCNC(=O)C2c2cccc(F)c2)ccc1=O. The van der Waals surface area contributed by atoms with Gasteiger partial charge in [-0.05, 0) is 23.8 Å². The molecule has 0 spiro atoms. The summed E-state index contributed by atoms with van der Waals surface area (Å²) in [6.45, 7) is 0.554. The molecule has 0 bridgehead atoms. The average Bonchev–Trinajstić information content (AvgIpc) is 2.56. The molecule has 124 valence electrons. The van der Waals surface area contributed by atoms with E-state index in [0.29, 0.717) is 12.1 Å². The van der Waals surface area contributed by atoms with E-state index in [4.69, 9.17) is 0 Å². The predicted molar refractivity (Wildman–Crippen MR) is 82.7 cm³/mol. The number of carbonyl (C=O) groups is 2. The number of nitrogens with zero attached hydrogens (tertiary/aromatic N) is 3. The summed E-state index contributed by atoms with van der Waals surface area (Å²) >= 11 is 0. The highest BCUT2D eigenvalue weighted by molar-refractivity contribution is 5.97. The largest absolute Gasteiger partial charge is 0.352 e. The molecule has 7 nitrogen and oxygen atoms in total. The fourth-order valence-corrected chi connectivity index (χ4v) is 2.66. The van der Waals surface area contributed by atoms with Crippen LogP contribution in [-0.2, 0) is 11.8 Å². The van der Waals surface area contributed by atoms with Gasteiger partial charge in [0.05, 0.1) is 0 Å². The van der Waals surface area contributed by atoms with Crippen LogP contribution in [0.1, 0.15) is 22.1 Å². The van der Waals surface area contributed by atoms with Crippen LogP contribution in [0.2, 0.25) is 0 Å². The minimum absolute atomic E-state index is 0.0493. The summed E-state index contributed by atoms with van der Waals surface area (Å²) in [6.07, 6.45) is 0. The normalized spacial score (nSPS) is 17.5. The zero-order chi connectivity index (χ0) is 17.3. The fraction of sp³-hybridized carbons (Fsp3) is 0.250. The van der Waals surface area contributed by atoms with Crippen molar-refractivity contribution in [2.45, 2.75) is 6.04 Å². The van der Waals surface area contributed by atoms with Crippen molar-refractivity contribution >= 4 is 11.8 Å². The van der Waals surface area contributed by atoms with Gasteiger partial charge in [0.2, 0.25) is 5.91 Å². The first-order valence-corrected chi connectivity index (χ1v) is 7.36. The zero-order valence-corrected chi connectivity index (χ0v) is 12.9. The number of aromatic nitrogens is 2. The molecule has 1 unspecified atom stereocenters. The van der Waals surface area contributed by atoms with Crippen LogP contribution in [0.25, 0.3) is 0 Å². The number of benzene rings is 1. The molecule has 1 aromatic carbocycles. The number of nitrogens with one attached hydrogen (secondary N) is 1. The molecule has 0 aliphatic carbocycles. The van der Waals surface area contributed by atoms with Crippen LogP contribution in [-0.4, -0.2) is 39.6 Å². The summed E-state index contributed by atoms with van der Waals surface area (Å²) in [4.78, 5) is 37.8. The highest BCUT2D eigenvalue weighted by Crippen LogP contribution is 2.25. The third-order valence-electron chi connectivity index (χ3n) is 3.82. The lowest BCUT2D eigenvalue weighted by Gasteiger charge is -2.35. The van der Waals surface area contributed by atoms with E-state index in [1.807, 2.05) is 0 Å². The molecule has 2 aromatic rings. The lowest BCUT2D eigenvalue weighted by atomic mass is 10.0. The van der Waals surface area contributed by atoms with Crippen LogP contribution in [0.5, 0.6) is 0 Å². The summed E-state index contributed by atoms with van der Waals surface area (Å²) in [5.74, 6) is -1.36. The van der Waals surface area contributed by atoms with Crippen molar-refractivity contribution in [2.24, 2.45) is 7.05 Å². The lowest BCUT2D eigenvalue weighted by Crippen LogP contribution is -2.52. The van der Waals surface area contributed by atoms with Crippen LogP contribution in [0.3, 0.4) is 0 Å². The van der Waals surface area contributed by atoms with Gasteiger partial charge in [0, 0.05) is 26.2 Å². The van der Waals surface area contributed by atoms with Gasteiger partial charge in [0.15, 0.2) is 0 Å². The molecule has 1 aromatic heterocycles. The molecule has 0 radical (unpaired) electrons. The second-order valence-corrected chi connectivity index (χ2v) is 5.43. The first-order chi connectivity index (χ1) is 11.5. The lowest BCUT2D eigenvalue weighted by molar-refractivity contribution is -0.128. The van der Waals surface area contributed by atoms with Crippen molar-refractivity contribution < 1.29 is 14.0 Å². The Labute approximate surface area is 136 Å². The van der Waals surface area contributed by atoms with Gasteiger partial charge < -0.3 is 10.2 Å². The number of hydrogen-bond acceptors (Lipinski definition) is 4. The van der Waals surface area contributed by atoms with Gasteiger partial charge in [0.25, 0.3) is 11.5 Å². The van der Waals surface area contributed by atoms with Gasteiger partial charge in [-0.1, -0.05) is 12.1 Å². The van der Waals surface area contributed by atoms with Gasteiger partial charge in [0.1, 0.15) is 17.6 Å². The molecule has 2 heterocycles. The maximum Gasteiger partial charge on any atom is 0.275 e. The van der Waals surface area contributed by atoms with Gasteiger partial charge >= 0.3 is 0 Å². The quantitative estimate of drug-likeness (QED) is 0.854. The molecule has 1 aliphatic rings. The number of amides is 2. The maximum absolute atomic E-state index is 13.5. The smallest absolute Gasteiger partial charge is 0.275 e. The van der Waals surface area contributed by atoms with Crippen molar-refractivity contribution in [1.29, 1.82) is 0 Å². The van der Waals surface area contributed by atoms with E-state index in [2.05, 4.69) is 10.4 Å². The third-order valence-corrected chi connectivity index (χ3v) is 3.82. The molecule has 1 N–H and O–H groups in total. The maximum atomic E-state index is 13.5. The minimum atomic E-state index is -0.944. The molecule has 24 heavy (non-hydrogen) atoms. The Hall–Kier alpha value is -3.03. The van der Waals surface area contributed by atoms with E-state index >= 15 is 0 Å². The average molecular weight is 330 g/mol.